The summed E-state index contributed by atoms with van der Waals surface area (Å²) >= 11 is 0. The third kappa shape index (κ3) is 1.67. The Labute approximate surface area is 88.1 Å². The van der Waals surface area contributed by atoms with Crippen LogP contribution in [0.25, 0.3) is 0 Å². The van der Waals surface area contributed by atoms with Crippen molar-refractivity contribution in [3.63, 3.8) is 0 Å². The van der Waals surface area contributed by atoms with E-state index >= 15 is 0 Å². The Morgan fingerprint density at radius 2 is 2.27 bits per heavy atom. The molecule has 1 saturated carbocycles. The molecule has 3 rings (SSSR count). The van der Waals surface area contributed by atoms with Crippen molar-refractivity contribution in [1.82, 2.24) is 4.98 Å². The molecule has 1 amide bonds. The lowest BCUT2D eigenvalue weighted by Gasteiger charge is -2.14. The van der Waals surface area contributed by atoms with Crippen LogP contribution in [-0.2, 0) is 4.79 Å². The summed E-state index contributed by atoms with van der Waals surface area (Å²) in [4.78, 5) is 15.9. The number of carbonyl (C=O) groups is 1. The maximum atomic E-state index is 11.6. The molecule has 1 aliphatic heterocycles. The minimum absolute atomic E-state index is 0.0890. The lowest BCUT2D eigenvalue weighted by Crippen LogP contribution is -2.24. The molecular formula is C11H13N3O. The van der Waals surface area contributed by atoms with Gasteiger partial charge in [0.1, 0.15) is 5.82 Å². The normalized spacial score (nSPS) is 24.8. The molecule has 1 unspecified atom stereocenters. The van der Waals surface area contributed by atoms with Gasteiger partial charge in [0, 0.05) is 18.7 Å². The van der Waals surface area contributed by atoms with Crippen molar-refractivity contribution in [1.29, 1.82) is 0 Å². The second kappa shape index (κ2) is 3.22. The zero-order valence-corrected chi connectivity index (χ0v) is 8.36. The summed E-state index contributed by atoms with van der Waals surface area (Å²) in [5.74, 6) is 1.55. The Morgan fingerprint density at radius 1 is 1.40 bits per heavy atom. The van der Waals surface area contributed by atoms with Gasteiger partial charge in [-0.2, -0.15) is 0 Å². The summed E-state index contributed by atoms with van der Waals surface area (Å²) < 4.78 is 0. The molecule has 4 heteroatoms. The first-order chi connectivity index (χ1) is 7.33. The molecule has 1 aromatic heterocycles. The molecule has 0 spiro atoms. The molecule has 0 saturated heterocycles. The van der Waals surface area contributed by atoms with E-state index in [2.05, 4.69) is 15.6 Å². The summed E-state index contributed by atoms with van der Waals surface area (Å²) in [6.07, 6.45) is 4.76. The average molecular weight is 203 g/mol. The minimum atomic E-state index is 0.0890. The second-order valence-electron chi connectivity index (χ2n) is 4.24. The van der Waals surface area contributed by atoms with Gasteiger partial charge >= 0.3 is 0 Å². The maximum absolute atomic E-state index is 11.6. The van der Waals surface area contributed by atoms with Crippen molar-refractivity contribution in [2.45, 2.75) is 25.3 Å². The van der Waals surface area contributed by atoms with Gasteiger partial charge in [0.2, 0.25) is 5.91 Å². The molecule has 2 heterocycles. The van der Waals surface area contributed by atoms with Crippen molar-refractivity contribution in [3.8, 4) is 0 Å². The number of nitrogens with zero attached hydrogens (tertiary/aromatic N) is 1. The highest BCUT2D eigenvalue weighted by molar-refractivity contribution is 5.95. The fourth-order valence-electron chi connectivity index (χ4n) is 2.03. The first-order valence-electron chi connectivity index (χ1n) is 5.34. The van der Waals surface area contributed by atoms with Crippen molar-refractivity contribution < 1.29 is 4.79 Å². The zero-order chi connectivity index (χ0) is 10.3. The Balaban J connectivity index is 1.93. The molecule has 0 bridgehead atoms. The third-order valence-corrected chi connectivity index (χ3v) is 3.00. The Morgan fingerprint density at radius 3 is 3.07 bits per heavy atom. The number of fused-ring (bicyclic) bond motifs is 1. The largest absolute Gasteiger partial charge is 0.365 e. The van der Waals surface area contributed by atoms with Crippen LogP contribution in [0, 0.1) is 5.92 Å². The molecule has 0 aromatic carbocycles. The molecule has 15 heavy (non-hydrogen) atoms. The van der Waals surface area contributed by atoms with Crippen LogP contribution in [0.1, 0.15) is 19.3 Å². The molecular weight excluding hydrogens is 190 g/mol. The molecule has 78 valence electrons. The molecule has 0 radical (unpaired) electrons. The fourth-order valence-corrected chi connectivity index (χ4v) is 2.03. The summed E-state index contributed by atoms with van der Waals surface area (Å²) in [5.41, 5.74) is 0.797. The van der Waals surface area contributed by atoms with E-state index in [0.29, 0.717) is 12.3 Å². The second-order valence-corrected chi connectivity index (χ2v) is 4.24. The van der Waals surface area contributed by atoms with Gasteiger partial charge in [-0.05, 0) is 30.9 Å². The van der Waals surface area contributed by atoms with Crippen LogP contribution in [0.3, 0.4) is 0 Å². The highest BCUT2D eigenvalue weighted by atomic mass is 16.1. The lowest BCUT2D eigenvalue weighted by atomic mass is 10.1. The zero-order valence-electron chi connectivity index (χ0n) is 8.36. The highest BCUT2D eigenvalue weighted by Crippen LogP contribution is 2.37. The standard InChI is InChI=1S/C11H13N3O/c15-10-6-9(7-3-4-7)14-11-8(13-10)2-1-5-12-11/h1-2,5,7,9H,3-4,6H2,(H,12,14)(H,13,15). The van der Waals surface area contributed by atoms with Crippen LogP contribution in [0.5, 0.6) is 0 Å². The highest BCUT2D eigenvalue weighted by Gasteiger charge is 2.34. The van der Waals surface area contributed by atoms with Crippen molar-refractivity contribution >= 4 is 17.4 Å². The number of carbonyl (C=O) groups excluding carboxylic acids is 1. The smallest absolute Gasteiger partial charge is 0.226 e. The molecule has 2 aliphatic rings. The average Bonchev–Trinajstić information content (AvgIpc) is 3.02. The Kier molecular flexibility index (Phi) is 1.87. The summed E-state index contributed by atoms with van der Waals surface area (Å²) in [7, 11) is 0. The number of hydrogen-bond donors (Lipinski definition) is 2. The van der Waals surface area contributed by atoms with E-state index in [-0.39, 0.29) is 11.9 Å². The SMILES string of the molecule is O=C1CC(C2CC2)Nc2ncccc2N1. The molecule has 1 aliphatic carbocycles. The van der Waals surface area contributed by atoms with E-state index in [1.165, 1.54) is 12.8 Å². The quantitative estimate of drug-likeness (QED) is 0.729. The summed E-state index contributed by atoms with van der Waals surface area (Å²) in [6.45, 7) is 0. The number of hydrogen-bond acceptors (Lipinski definition) is 3. The predicted molar refractivity (Wildman–Crippen MR) is 57.6 cm³/mol. The number of pyridine rings is 1. The summed E-state index contributed by atoms with van der Waals surface area (Å²) in [5, 5.41) is 6.23. The van der Waals surface area contributed by atoms with Crippen molar-refractivity contribution in [3.05, 3.63) is 18.3 Å². The van der Waals surface area contributed by atoms with Gasteiger partial charge in [-0.15, -0.1) is 0 Å². The number of nitrogens with one attached hydrogen (secondary N) is 2. The van der Waals surface area contributed by atoms with Gasteiger partial charge in [0.15, 0.2) is 0 Å². The van der Waals surface area contributed by atoms with E-state index in [4.69, 9.17) is 0 Å². The van der Waals surface area contributed by atoms with Gasteiger partial charge < -0.3 is 10.6 Å². The molecule has 2 N–H and O–H groups in total. The van der Waals surface area contributed by atoms with Gasteiger partial charge in [-0.3, -0.25) is 4.79 Å². The molecule has 1 atom stereocenters. The van der Waals surface area contributed by atoms with Gasteiger partial charge in [0.25, 0.3) is 0 Å². The maximum Gasteiger partial charge on any atom is 0.226 e. The van der Waals surface area contributed by atoms with Crippen LogP contribution >= 0.6 is 0 Å². The van der Waals surface area contributed by atoms with Crippen LogP contribution in [0.2, 0.25) is 0 Å². The predicted octanol–water partition coefficient (Wildman–Crippen LogP) is 1.61. The van der Waals surface area contributed by atoms with Crippen LogP contribution in [0.4, 0.5) is 11.5 Å². The van der Waals surface area contributed by atoms with Crippen LogP contribution in [0.15, 0.2) is 18.3 Å². The number of anilines is 2. The number of rotatable bonds is 1. The van der Waals surface area contributed by atoms with E-state index in [1.807, 2.05) is 12.1 Å². The fraction of sp³-hybridized carbons (Fsp3) is 0.455. The Hall–Kier alpha value is -1.58. The molecule has 4 nitrogen and oxygen atoms in total. The first-order valence-corrected chi connectivity index (χ1v) is 5.34. The van der Waals surface area contributed by atoms with Crippen molar-refractivity contribution in [2.75, 3.05) is 10.6 Å². The number of aromatic nitrogens is 1. The molecule has 1 fully saturated rings. The Bertz CT molecular complexity index is 401. The lowest BCUT2D eigenvalue weighted by molar-refractivity contribution is -0.116. The van der Waals surface area contributed by atoms with Gasteiger partial charge in [-0.25, -0.2) is 4.98 Å². The van der Waals surface area contributed by atoms with E-state index < -0.39 is 0 Å². The van der Waals surface area contributed by atoms with E-state index in [1.54, 1.807) is 6.20 Å². The molecule has 1 aromatic rings. The number of amides is 1. The first kappa shape index (κ1) is 8.71. The van der Waals surface area contributed by atoms with Gasteiger partial charge in [-0.1, -0.05) is 0 Å². The van der Waals surface area contributed by atoms with Crippen LogP contribution < -0.4 is 10.6 Å². The van der Waals surface area contributed by atoms with E-state index in [9.17, 15) is 4.79 Å². The van der Waals surface area contributed by atoms with Crippen molar-refractivity contribution in [2.24, 2.45) is 5.92 Å². The topological polar surface area (TPSA) is 54.0 Å². The summed E-state index contributed by atoms with van der Waals surface area (Å²) in [6, 6.07) is 3.97. The monoisotopic (exact) mass is 203 g/mol. The minimum Gasteiger partial charge on any atom is -0.365 e. The third-order valence-electron chi connectivity index (χ3n) is 3.00. The van der Waals surface area contributed by atoms with Crippen LogP contribution in [-0.4, -0.2) is 16.9 Å². The van der Waals surface area contributed by atoms with E-state index in [0.717, 1.165) is 11.5 Å². The van der Waals surface area contributed by atoms with Gasteiger partial charge in [0.05, 0.1) is 5.69 Å².